The summed E-state index contributed by atoms with van der Waals surface area (Å²) in [6.45, 7) is 7.57. The summed E-state index contributed by atoms with van der Waals surface area (Å²) in [5.41, 5.74) is 0.874. The number of nitrogens with one attached hydrogen (secondary N) is 2. The van der Waals surface area contributed by atoms with Gasteiger partial charge in [0.05, 0.1) is 25.1 Å². The van der Waals surface area contributed by atoms with E-state index in [4.69, 9.17) is 17.0 Å². The van der Waals surface area contributed by atoms with Gasteiger partial charge in [0.25, 0.3) is 0 Å². The molecule has 1 fully saturated rings. The molecule has 1 saturated heterocycles. The third kappa shape index (κ3) is 4.18. The van der Waals surface area contributed by atoms with Crippen LogP contribution in [-0.4, -0.2) is 42.9 Å². The number of nitrogens with zero attached hydrogens (tertiary/aromatic N) is 2. The van der Waals surface area contributed by atoms with Crippen molar-refractivity contribution < 1.29 is 4.74 Å². The maximum Gasteiger partial charge on any atom is 0.171 e. The van der Waals surface area contributed by atoms with Crippen molar-refractivity contribution in [2.45, 2.75) is 0 Å². The standard InChI is InChI=1S/C13H18N4OS/c1-2-5-14-13(19)16-11-3-4-12(15-10-11)17-6-8-18-9-7-17/h2-4,10H,1,5-9H2,(H2,14,16,19). The minimum atomic E-state index is 0.570. The van der Waals surface area contributed by atoms with Crippen LogP contribution in [0.15, 0.2) is 31.0 Å². The molecule has 2 N–H and O–H groups in total. The number of ether oxygens (including phenoxy) is 1. The van der Waals surface area contributed by atoms with Crippen LogP contribution in [0.5, 0.6) is 0 Å². The summed E-state index contributed by atoms with van der Waals surface area (Å²) in [5.74, 6) is 0.971. The second-order valence-electron chi connectivity index (χ2n) is 4.13. The highest BCUT2D eigenvalue weighted by atomic mass is 32.1. The molecule has 6 heteroatoms. The highest BCUT2D eigenvalue weighted by Crippen LogP contribution is 2.15. The van der Waals surface area contributed by atoms with Crippen LogP contribution in [-0.2, 0) is 4.74 Å². The van der Waals surface area contributed by atoms with Crippen LogP contribution < -0.4 is 15.5 Å². The Hall–Kier alpha value is -1.66. The third-order valence-corrected chi connectivity index (χ3v) is 2.99. The Morgan fingerprint density at radius 3 is 2.89 bits per heavy atom. The number of morpholine rings is 1. The molecule has 1 aromatic rings. The summed E-state index contributed by atoms with van der Waals surface area (Å²) in [6, 6.07) is 3.96. The molecule has 1 aliphatic heterocycles. The molecule has 0 radical (unpaired) electrons. The van der Waals surface area contributed by atoms with Crippen LogP contribution >= 0.6 is 12.2 Å². The fraction of sp³-hybridized carbons (Fsp3) is 0.385. The molecule has 0 unspecified atom stereocenters. The number of pyridine rings is 1. The molecular formula is C13H18N4OS. The van der Waals surface area contributed by atoms with Crippen molar-refractivity contribution in [3.05, 3.63) is 31.0 Å². The van der Waals surface area contributed by atoms with E-state index in [0.717, 1.165) is 37.8 Å². The Kier molecular flexibility index (Phi) is 5.11. The summed E-state index contributed by atoms with van der Waals surface area (Å²) in [7, 11) is 0. The fourth-order valence-corrected chi connectivity index (χ4v) is 1.98. The van der Waals surface area contributed by atoms with Crippen molar-refractivity contribution in [3.63, 3.8) is 0 Å². The molecule has 2 rings (SSSR count). The van der Waals surface area contributed by atoms with Crippen LogP contribution in [0.4, 0.5) is 11.5 Å². The summed E-state index contributed by atoms with van der Waals surface area (Å²) in [4.78, 5) is 6.65. The number of hydrogen-bond acceptors (Lipinski definition) is 4. The van der Waals surface area contributed by atoms with E-state index >= 15 is 0 Å². The molecule has 0 bridgehead atoms. The Balaban J connectivity index is 1.90. The van der Waals surface area contributed by atoms with Gasteiger partial charge in [-0.2, -0.15) is 0 Å². The SMILES string of the molecule is C=CCNC(=S)Nc1ccc(N2CCOCC2)nc1. The lowest BCUT2D eigenvalue weighted by Crippen LogP contribution is -2.36. The molecule has 0 aromatic carbocycles. The maximum atomic E-state index is 5.32. The van der Waals surface area contributed by atoms with E-state index in [0.29, 0.717) is 11.7 Å². The molecule has 5 nitrogen and oxygen atoms in total. The summed E-state index contributed by atoms with van der Waals surface area (Å²) >= 11 is 5.13. The summed E-state index contributed by atoms with van der Waals surface area (Å²) in [6.07, 6.45) is 3.54. The molecule has 0 amide bonds. The van der Waals surface area contributed by atoms with Gasteiger partial charge >= 0.3 is 0 Å². The lowest BCUT2D eigenvalue weighted by molar-refractivity contribution is 0.122. The zero-order valence-electron chi connectivity index (χ0n) is 10.8. The van der Waals surface area contributed by atoms with E-state index in [9.17, 15) is 0 Å². The first-order valence-corrected chi connectivity index (χ1v) is 6.65. The van der Waals surface area contributed by atoms with E-state index in [2.05, 4.69) is 27.1 Å². The largest absolute Gasteiger partial charge is 0.378 e. The van der Waals surface area contributed by atoms with E-state index in [1.165, 1.54) is 0 Å². The molecule has 0 atom stereocenters. The third-order valence-electron chi connectivity index (χ3n) is 2.75. The second kappa shape index (κ2) is 7.06. The van der Waals surface area contributed by atoms with Crippen LogP contribution in [0.2, 0.25) is 0 Å². The predicted molar refractivity (Wildman–Crippen MR) is 81.7 cm³/mol. The number of aromatic nitrogens is 1. The number of hydrogen-bond donors (Lipinski definition) is 2. The first-order valence-electron chi connectivity index (χ1n) is 6.24. The smallest absolute Gasteiger partial charge is 0.171 e. The average molecular weight is 278 g/mol. The molecule has 1 aliphatic rings. The normalized spacial score (nSPS) is 14.8. The van der Waals surface area contributed by atoms with Crippen molar-refractivity contribution in [1.82, 2.24) is 10.3 Å². The first kappa shape index (κ1) is 13.8. The van der Waals surface area contributed by atoms with Gasteiger partial charge in [0, 0.05) is 19.6 Å². The number of rotatable bonds is 4. The lowest BCUT2D eigenvalue weighted by Gasteiger charge is -2.27. The van der Waals surface area contributed by atoms with Gasteiger partial charge in [0.2, 0.25) is 0 Å². The minimum absolute atomic E-state index is 0.570. The number of anilines is 2. The molecule has 0 saturated carbocycles. The average Bonchev–Trinajstić information content (AvgIpc) is 2.47. The van der Waals surface area contributed by atoms with Gasteiger partial charge in [-0.05, 0) is 24.4 Å². The van der Waals surface area contributed by atoms with Crippen LogP contribution in [0.1, 0.15) is 0 Å². The first-order chi connectivity index (χ1) is 9.29. The van der Waals surface area contributed by atoms with E-state index in [1.807, 2.05) is 12.1 Å². The molecular weight excluding hydrogens is 260 g/mol. The van der Waals surface area contributed by atoms with Crippen LogP contribution in [0.3, 0.4) is 0 Å². The Bertz CT molecular complexity index is 429. The molecule has 1 aromatic heterocycles. The van der Waals surface area contributed by atoms with Gasteiger partial charge in [0.1, 0.15) is 5.82 Å². The van der Waals surface area contributed by atoms with Crippen molar-refractivity contribution in [2.75, 3.05) is 43.1 Å². The highest BCUT2D eigenvalue weighted by molar-refractivity contribution is 7.80. The molecule has 2 heterocycles. The molecule has 19 heavy (non-hydrogen) atoms. The topological polar surface area (TPSA) is 49.4 Å². The van der Waals surface area contributed by atoms with Crippen LogP contribution in [0.25, 0.3) is 0 Å². The van der Waals surface area contributed by atoms with E-state index < -0.39 is 0 Å². The second-order valence-corrected chi connectivity index (χ2v) is 4.54. The van der Waals surface area contributed by atoms with Crippen molar-refractivity contribution in [2.24, 2.45) is 0 Å². The summed E-state index contributed by atoms with van der Waals surface area (Å²) < 4.78 is 5.32. The Morgan fingerprint density at radius 1 is 1.47 bits per heavy atom. The van der Waals surface area contributed by atoms with E-state index in [1.54, 1.807) is 12.3 Å². The highest BCUT2D eigenvalue weighted by Gasteiger charge is 2.11. The molecule has 102 valence electrons. The minimum Gasteiger partial charge on any atom is -0.378 e. The fourth-order valence-electron chi connectivity index (χ4n) is 1.78. The molecule has 0 aliphatic carbocycles. The van der Waals surface area contributed by atoms with Gasteiger partial charge in [0.15, 0.2) is 5.11 Å². The van der Waals surface area contributed by atoms with Gasteiger partial charge < -0.3 is 20.3 Å². The van der Waals surface area contributed by atoms with Crippen molar-refractivity contribution in [3.8, 4) is 0 Å². The van der Waals surface area contributed by atoms with Gasteiger partial charge in [-0.3, -0.25) is 0 Å². The maximum absolute atomic E-state index is 5.32. The Morgan fingerprint density at radius 2 is 2.26 bits per heavy atom. The van der Waals surface area contributed by atoms with Crippen molar-refractivity contribution >= 4 is 28.8 Å². The van der Waals surface area contributed by atoms with Gasteiger partial charge in [-0.1, -0.05) is 6.08 Å². The monoisotopic (exact) mass is 278 g/mol. The summed E-state index contributed by atoms with van der Waals surface area (Å²) in [5, 5.41) is 6.65. The quantitative estimate of drug-likeness (QED) is 0.641. The van der Waals surface area contributed by atoms with E-state index in [-0.39, 0.29) is 0 Å². The number of thiocarbonyl (C=S) groups is 1. The molecule has 0 spiro atoms. The van der Waals surface area contributed by atoms with Crippen molar-refractivity contribution in [1.29, 1.82) is 0 Å². The lowest BCUT2D eigenvalue weighted by atomic mass is 10.3. The zero-order chi connectivity index (χ0) is 13.5. The zero-order valence-corrected chi connectivity index (χ0v) is 11.6. The van der Waals surface area contributed by atoms with Gasteiger partial charge in [-0.15, -0.1) is 6.58 Å². The van der Waals surface area contributed by atoms with Gasteiger partial charge in [-0.25, -0.2) is 4.98 Å². The van der Waals surface area contributed by atoms with Crippen LogP contribution in [0, 0.1) is 0 Å². The Labute approximate surface area is 118 Å². The predicted octanol–water partition coefficient (Wildman–Crippen LogP) is 1.39.